The van der Waals surface area contributed by atoms with Crippen LogP contribution >= 0.6 is 0 Å². The molecule has 0 saturated carbocycles. The van der Waals surface area contributed by atoms with Crippen molar-refractivity contribution in [3.05, 3.63) is 59.9 Å². The van der Waals surface area contributed by atoms with Gasteiger partial charge in [0.2, 0.25) is 10.0 Å². The number of benzene rings is 1. The molecule has 1 N–H and O–H groups in total. The molecule has 7 nitrogen and oxygen atoms in total. The van der Waals surface area contributed by atoms with Gasteiger partial charge in [-0.3, -0.25) is 14.7 Å². The van der Waals surface area contributed by atoms with Crippen LogP contribution in [0.5, 0.6) is 0 Å². The van der Waals surface area contributed by atoms with Crippen molar-refractivity contribution >= 4 is 15.9 Å². The Kier molecular flexibility index (Phi) is 6.20. The minimum Gasteiger partial charge on any atom is -0.336 e. The number of carbonyl (C=O) groups is 1. The molecule has 0 spiro atoms. The maximum absolute atomic E-state index is 12.7. The van der Waals surface area contributed by atoms with Gasteiger partial charge in [-0.15, -0.1) is 0 Å². The molecule has 1 aliphatic heterocycles. The van der Waals surface area contributed by atoms with Crippen molar-refractivity contribution in [2.75, 3.05) is 32.7 Å². The molecule has 0 atom stereocenters. The van der Waals surface area contributed by atoms with Crippen LogP contribution in [0.15, 0.2) is 53.6 Å². The van der Waals surface area contributed by atoms with Gasteiger partial charge in [-0.25, -0.2) is 13.1 Å². The third-order valence-corrected chi connectivity index (χ3v) is 6.08. The fourth-order valence-corrected chi connectivity index (χ4v) is 4.10. The Balaban J connectivity index is 1.57. The molecule has 0 unspecified atom stereocenters. The van der Waals surface area contributed by atoms with Crippen LogP contribution in [0.25, 0.3) is 0 Å². The average molecular weight is 388 g/mol. The summed E-state index contributed by atoms with van der Waals surface area (Å²) in [5.74, 6) is -0.0696. The number of rotatable bonds is 6. The molecule has 0 bridgehead atoms. The second-order valence-electron chi connectivity index (χ2n) is 6.42. The van der Waals surface area contributed by atoms with Crippen LogP contribution in [-0.2, 0) is 16.6 Å². The van der Waals surface area contributed by atoms with Gasteiger partial charge in [0.15, 0.2) is 0 Å². The summed E-state index contributed by atoms with van der Waals surface area (Å²) >= 11 is 0. The number of sulfonamides is 1. The Morgan fingerprint density at radius 1 is 1.07 bits per heavy atom. The number of hydrogen-bond donors (Lipinski definition) is 1. The second-order valence-corrected chi connectivity index (χ2v) is 8.18. The highest BCUT2D eigenvalue weighted by molar-refractivity contribution is 7.89. The van der Waals surface area contributed by atoms with E-state index in [0.29, 0.717) is 25.2 Å². The number of hydrogen-bond acceptors (Lipinski definition) is 5. The molecule has 27 heavy (non-hydrogen) atoms. The lowest BCUT2D eigenvalue weighted by atomic mass is 10.2. The highest BCUT2D eigenvalue weighted by atomic mass is 32.2. The molecular weight excluding hydrogens is 364 g/mol. The third-order valence-electron chi connectivity index (χ3n) is 4.52. The van der Waals surface area contributed by atoms with Gasteiger partial charge in [0.1, 0.15) is 0 Å². The molecule has 1 fully saturated rings. The standard InChI is InChI=1S/C19H24N4O3S/c1-2-21-27(25,26)18-8-6-16(7-9-18)19(24)23-13-11-22(12-14-23)15-17-5-3-4-10-20-17/h3-10,21H,2,11-15H2,1H3. The van der Waals surface area contributed by atoms with Crippen molar-refractivity contribution in [3.63, 3.8) is 0 Å². The smallest absolute Gasteiger partial charge is 0.253 e. The Morgan fingerprint density at radius 2 is 1.78 bits per heavy atom. The normalized spacial score (nSPS) is 15.7. The first-order chi connectivity index (χ1) is 13.0. The molecule has 1 aromatic heterocycles. The molecule has 1 aliphatic rings. The first kappa shape index (κ1) is 19.5. The Hall–Kier alpha value is -2.29. The molecule has 144 valence electrons. The second kappa shape index (κ2) is 8.60. The lowest BCUT2D eigenvalue weighted by Gasteiger charge is -2.34. The fraction of sp³-hybridized carbons (Fsp3) is 0.368. The summed E-state index contributed by atoms with van der Waals surface area (Å²) in [4.78, 5) is 21.3. The summed E-state index contributed by atoms with van der Waals surface area (Å²) in [5, 5.41) is 0. The fourth-order valence-electron chi connectivity index (χ4n) is 3.06. The quantitative estimate of drug-likeness (QED) is 0.807. The zero-order valence-electron chi connectivity index (χ0n) is 15.3. The van der Waals surface area contributed by atoms with Crippen LogP contribution in [0, 0.1) is 0 Å². The third kappa shape index (κ3) is 4.91. The first-order valence-electron chi connectivity index (χ1n) is 9.01. The Labute approximate surface area is 160 Å². The van der Waals surface area contributed by atoms with E-state index in [4.69, 9.17) is 0 Å². The van der Waals surface area contributed by atoms with Gasteiger partial charge < -0.3 is 4.90 Å². The van der Waals surface area contributed by atoms with Gasteiger partial charge in [-0.05, 0) is 36.4 Å². The average Bonchev–Trinajstić information content (AvgIpc) is 2.69. The predicted molar refractivity (Wildman–Crippen MR) is 103 cm³/mol. The van der Waals surface area contributed by atoms with Crippen LogP contribution in [0.1, 0.15) is 23.0 Å². The molecule has 0 aliphatic carbocycles. The maximum Gasteiger partial charge on any atom is 0.253 e. The largest absolute Gasteiger partial charge is 0.336 e. The number of pyridine rings is 1. The van der Waals surface area contributed by atoms with E-state index in [1.807, 2.05) is 23.1 Å². The summed E-state index contributed by atoms with van der Waals surface area (Å²) in [5.41, 5.74) is 1.53. The van der Waals surface area contributed by atoms with Crippen LogP contribution in [-0.4, -0.2) is 61.8 Å². The molecule has 2 aromatic rings. The summed E-state index contributed by atoms with van der Waals surface area (Å²) in [6.07, 6.45) is 1.79. The zero-order chi connectivity index (χ0) is 19.3. The van der Waals surface area contributed by atoms with E-state index in [1.165, 1.54) is 12.1 Å². The van der Waals surface area contributed by atoms with Crippen LogP contribution in [0.4, 0.5) is 0 Å². The molecule has 3 rings (SSSR count). The van der Waals surface area contributed by atoms with Gasteiger partial charge in [0.25, 0.3) is 5.91 Å². The first-order valence-corrected chi connectivity index (χ1v) is 10.5. The number of amides is 1. The van der Waals surface area contributed by atoms with E-state index >= 15 is 0 Å². The topological polar surface area (TPSA) is 82.6 Å². The number of nitrogens with one attached hydrogen (secondary N) is 1. The van der Waals surface area contributed by atoms with Crippen molar-refractivity contribution < 1.29 is 13.2 Å². The van der Waals surface area contributed by atoms with E-state index < -0.39 is 10.0 Å². The van der Waals surface area contributed by atoms with E-state index in [1.54, 1.807) is 25.3 Å². The predicted octanol–water partition coefficient (Wildman–Crippen LogP) is 1.34. The van der Waals surface area contributed by atoms with Crippen molar-refractivity contribution in [2.45, 2.75) is 18.4 Å². The molecule has 1 saturated heterocycles. The summed E-state index contributed by atoms with van der Waals surface area (Å²) < 4.78 is 26.4. The number of carbonyl (C=O) groups excluding carboxylic acids is 1. The van der Waals surface area contributed by atoms with E-state index in [-0.39, 0.29) is 10.8 Å². The van der Waals surface area contributed by atoms with Gasteiger partial charge in [-0.2, -0.15) is 0 Å². The highest BCUT2D eigenvalue weighted by Crippen LogP contribution is 2.14. The number of nitrogens with zero attached hydrogens (tertiary/aromatic N) is 3. The van der Waals surface area contributed by atoms with Crippen molar-refractivity contribution in [1.82, 2.24) is 19.5 Å². The molecule has 2 heterocycles. The Bertz CT molecular complexity index is 862. The molecular formula is C19H24N4O3S. The van der Waals surface area contributed by atoms with Crippen LogP contribution < -0.4 is 4.72 Å². The van der Waals surface area contributed by atoms with E-state index in [2.05, 4.69) is 14.6 Å². The van der Waals surface area contributed by atoms with Gasteiger partial charge in [0, 0.05) is 51.0 Å². The van der Waals surface area contributed by atoms with E-state index in [9.17, 15) is 13.2 Å². The lowest BCUT2D eigenvalue weighted by molar-refractivity contribution is 0.0627. The van der Waals surface area contributed by atoms with Crippen LogP contribution in [0.3, 0.4) is 0 Å². The summed E-state index contributed by atoms with van der Waals surface area (Å²) in [6, 6.07) is 12.0. The molecule has 8 heteroatoms. The SMILES string of the molecule is CCNS(=O)(=O)c1ccc(C(=O)N2CCN(Cc3ccccn3)CC2)cc1. The van der Waals surface area contributed by atoms with Crippen molar-refractivity contribution in [3.8, 4) is 0 Å². The summed E-state index contributed by atoms with van der Waals surface area (Å²) in [7, 11) is -3.50. The monoisotopic (exact) mass is 388 g/mol. The Morgan fingerprint density at radius 3 is 2.37 bits per heavy atom. The van der Waals surface area contributed by atoms with E-state index in [0.717, 1.165) is 25.3 Å². The maximum atomic E-state index is 12.7. The van der Waals surface area contributed by atoms with Crippen molar-refractivity contribution in [2.24, 2.45) is 0 Å². The number of aromatic nitrogens is 1. The highest BCUT2D eigenvalue weighted by Gasteiger charge is 2.23. The minimum atomic E-state index is -3.50. The lowest BCUT2D eigenvalue weighted by Crippen LogP contribution is -2.48. The van der Waals surface area contributed by atoms with Gasteiger partial charge in [-0.1, -0.05) is 13.0 Å². The number of piperazine rings is 1. The van der Waals surface area contributed by atoms with Crippen molar-refractivity contribution in [1.29, 1.82) is 0 Å². The zero-order valence-corrected chi connectivity index (χ0v) is 16.2. The molecule has 1 amide bonds. The van der Waals surface area contributed by atoms with Gasteiger partial charge >= 0.3 is 0 Å². The molecule has 1 aromatic carbocycles. The minimum absolute atomic E-state index is 0.0696. The summed E-state index contributed by atoms with van der Waals surface area (Å²) in [6.45, 7) is 5.69. The van der Waals surface area contributed by atoms with Crippen LogP contribution in [0.2, 0.25) is 0 Å². The van der Waals surface area contributed by atoms with Gasteiger partial charge in [0.05, 0.1) is 10.6 Å². The molecule has 0 radical (unpaired) electrons.